The number of amides is 1. The van der Waals surface area contributed by atoms with Gasteiger partial charge in [0.15, 0.2) is 11.0 Å². The molecule has 10 heteroatoms. The van der Waals surface area contributed by atoms with Crippen molar-refractivity contribution in [2.24, 2.45) is 0 Å². The molecule has 2 heterocycles. The minimum atomic E-state index is -0.267. The van der Waals surface area contributed by atoms with Gasteiger partial charge in [-0.05, 0) is 29.8 Å². The molecule has 4 aromatic rings. The molecule has 0 spiro atoms. The second-order valence-electron chi connectivity index (χ2n) is 7.32. The average molecular weight is 469 g/mol. The van der Waals surface area contributed by atoms with Gasteiger partial charge < -0.3 is 4.42 Å². The van der Waals surface area contributed by atoms with E-state index in [1.807, 2.05) is 73.0 Å². The first-order chi connectivity index (χ1) is 15.5. The molecule has 1 N–H and O–H groups in total. The van der Waals surface area contributed by atoms with Gasteiger partial charge in [-0.25, -0.2) is 0 Å². The van der Waals surface area contributed by atoms with Gasteiger partial charge in [-0.2, -0.15) is 0 Å². The zero-order valence-electron chi connectivity index (χ0n) is 17.5. The van der Waals surface area contributed by atoms with Gasteiger partial charge in [-0.3, -0.25) is 14.7 Å². The van der Waals surface area contributed by atoms with E-state index in [1.54, 1.807) is 0 Å². The van der Waals surface area contributed by atoms with Crippen LogP contribution in [0.5, 0.6) is 0 Å². The van der Waals surface area contributed by atoms with Crippen LogP contribution in [0.4, 0.5) is 6.01 Å². The molecule has 0 saturated heterocycles. The van der Waals surface area contributed by atoms with Crippen molar-refractivity contribution in [2.45, 2.75) is 31.5 Å². The molecular formula is C22H21ClN6O2S. The van der Waals surface area contributed by atoms with E-state index in [4.69, 9.17) is 16.0 Å². The molecule has 1 amide bonds. The van der Waals surface area contributed by atoms with Crippen LogP contribution in [0.2, 0.25) is 5.02 Å². The van der Waals surface area contributed by atoms with Crippen molar-refractivity contribution >= 4 is 35.3 Å². The Morgan fingerprint density at radius 2 is 1.81 bits per heavy atom. The third-order valence-electron chi connectivity index (χ3n) is 4.52. The minimum absolute atomic E-state index is 0.0883. The number of nitrogens with one attached hydrogen (secondary N) is 1. The van der Waals surface area contributed by atoms with Crippen LogP contribution in [-0.4, -0.2) is 36.6 Å². The number of halogens is 1. The topological polar surface area (TPSA) is 98.7 Å². The predicted octanol–water partition coefficient (Wildman–Crippen LogP) is 4.88. The van der Waals surface area contributed by atoms with Gasteiger partial charge >= 0.3 is 6.01 Å². The highest BCUT2D eigenvalue weighted by Gasteiger charge is 2.17. The van der Waals surface area contributed by atoms with E-state index in [2.05, 4.69) is 25.7 Å². The number of rotatable bonds is 8. The summed E-state index contributed by atoms with van der Waals surface area (Å²) < 4.78 is 7.42. The molecule has 0 saturated carbocycles. The molecule has 0 aliphatic carbocycles. The van der Waals surface area contributed by atoms with Crippen LogP contribution in [0.15, 0.2) is 64.2 Å². The van der Waals surface area contributed by atoms with Crippen molar-refractivity contribution in [3.63, 3.8) is 0 Å². The molecule has 0 fully saturated rings. The van der Waals surface area contributed by atoms with Gasteiger partial charge in [0.2, 0.25) is 11.8 Å². The summed E-state index contributed by atoms with van der Waals surface area (Å²) in [6.45, 7) is 4.44. The Bertz CT molecular complexity index is 1190. The van der Waals surface area contributed by atoms with E-state index in [0.29, 0.717) is 28.4 Å². The summed E-state index contributed by atoms with van der Waals surface area (Å²) in [7, 11) is 0. The van der Waals surface area contributed by atoms with Crippen molar-refractivity contribution in [3.8, 4) is 11.4 Å². The Hall–Kier alpha value is -3.17. The first kappa shape index (κ1) is 22.0. The van der Waals surface area contributed by atoms with Gasteiger partial charge in [0.25, 0.3) is 0 Å². The van der Waals surface area contributed by atoms with Crippen LogP contribution in [0.25, 0.3) is 11.4 Å². The highest BCUT2D eigenvalue weighted by atomic mass is 35.5. The SMILES string of the molecule is CC(C)c1nnc(NC(=O)CSc2nnc(-c3ccc(Cl)cc3)n2Cc2ccccc2)o1. The molecule has 0 bridgehead atoms. The fraction of sp³-hybridized carbons (Fsp3) is 0.227. The fourth-order valence-electron chi connectivity index (χ4n) is 2.92. The van der Waals surface area contributed by atoms with E-state index in [1.165, 1.54) is 11.8 Å². The summed E-state index contributed by atoms with van der Waals surface area (Å²) in [5, 5.41) is 20.4. The van der Waals surface area contributed by atoms with Gasteiger partial charge in [-0.1, -0.05) is 72.6 Å². The number of nitrogens with zero attached hydrogens (tertiary/aromatic N) is 5. The Labute approximate surface area is 194 Å². The van der Waals surface area contributed by atoms with Crippen molar-refractivity contribution in [2.75, 3.05) is 11.1 Å². The highest BCUT2D eigenvalue weighted by Crippen LogP contribution is 2.26. The molecular weight excluding hydrogens is 448 g/mol. The maximum atomic E-state index is 12.4. The summed E-state index contributed by atoms with van der Waals surface area (Å²) in [4.78, 5) is 12.4. The van der Waals surface area contributed by atoms with E-state index in [0.717, 1.165) is 11.1 Å². The van der Waals surface area contributed by atoms with Gasteiger partial charge in [-0.15, -0.1) is 15.3 Å². The molecule has 0 aliphatic heterocycles. The first-order valence-corrected chi connectivity index (χ1v) is 11.3. The Kier molecular flexibility index (Phi) is 6.87. The van der Waals surface area contributed by atoms with Crippen LogP contribution in [0, 0.1) is 0 Å². The number of thioether (sulfide) groups is 1. The number of hydrogen-bond donors (Lipinski definition) is 1. The van der Waals surface area contributed by atoms with Crippen molar-refractivity contribution < 1.29 is 9.21 Å². The standard InChI is InChI=1S/C22H21ClN6O2S/c1-14(2)20-26-27-21(31-20)24-18(30)13-32-22-28-25-19(16-8-10-17(23)11-9-16)29(22)12-15-6-4-3-5-7-15/h3-11,14H,12-13H2,1-2H3,(H,24,27,30). The number of benzene rings is 2. The summed E-state index contributed by atoms with van der Waals surface area (Å²) in [5.74, 6) is 1.11. The maximum Gasteiger partial charge on any atom is 0.322 e. The van der Waals surface area contributed by atoms with Gasteiger partial charge in [0.1, 0.15) is 0 Å². The zero-order valence-corrected chi connectivity index (χ0v) is 19.1. The molecule has 0 radical (unpaired) electrons. The zero-order chi connectivity index (χ0) is 22.5. The predicted molar refractivity (Wildman–Crippen MR) is 124 cm³/mol. The van der Waals surface area contributed by atoms with Crippen LogP contribution in [0.3, 0.4) is 0 Å². The fourth-order valence-corrected chi connectivity index (χ4v) is 3.78. The van der Waals surface area contributed by atoms with Crippen molar-refractivity contribution in [1.82, 2.24) is 25.0 Å². The largest absolute Gasteiger partial charge is 0.408 e. The lowest BCUT2D eigenvalue weighted by Gasteiger charge is -2.10. The second-order valence-corrected chi connectivity index (χ2v) is 8.70. The van der Waals surface area contributed by atoms with Crippen LogP contribution in [-0.2, 0) is 11.3 Å². The third-order valence-corrected chi connectivity index (χ3v) is 5.73. The summed E-state index contributed by atoms with van der Waals surface area (Å²) in [6, 6.07) is 17.5. The van der Waals surface area contributed by atoms with Gasteiger partial charge in [0, 0.05) is 16.5 Å². The number of carbonyl (C=O) groups is 1. The molecule has 0 atom stereocenters. The molecule has 4 rings (SSSR count). The lowest BCUT2D eigenvalue weighted by atomic mass is 10.2. The average Bonchev–Trinajstić information content (AvgIpc) is 3.41. The Morgan fingerprint density at radius 1 is 1.06 bits per heavy atom. The highest BCUT2D eigenvalue weighted by molar-refractivity contribution is 7.99. The maximum absolute atomic E-state index is 12.4. The molecule has 2 aromatic carbocycles. The van der Waals surface area contributed by atoms with Crippen LogP contribution < -0.4 is 5.32 Å². The molecule has 2 aromatic heterocycles. The van der Waals surface area contributed by atoms with E-state index in [-0.39, 0.29) is 23.6 Å². The minimum Gasteiger partial charge on any atom is -0.408 e. The second kappa shape index (κ2) is 9.97. The molecule has 32 heavy (non-hydrogen) atoms. The first-order valence-electron chi connectivity index (χ1n) is 9.98. The summed E-state index contributed by atoms with van der Waals surface area (Å²) in [5.41, 5.74) is 1.99. The molecule has 0 aliphatic rings. The van der Waals surface area contributed by atoms with E-state index in [9.17, 15) is 4.79 Å². The number of carbonyl (C=O) groups excluding carboxylic acids is 1. The van der Waals surface area contributed by atoms with E-state index >= 15 is 0 Å². The smallest absolute Gasteiger partial charge is 0.322 e. The van der Waals surface area contributed by atoms with Gasteiger partial charge in [0.05, 0.1) is 12.3 Å². The van der Waals surface area contributed by atoms with Crippen molar-refractivity contribution in [3.05, 3.63) is 71.1 Å². The van der Waals surface area contributed by atoms with E-state index < -0.39 is 0 Å². The lowest BCUT2D eigenvalue weighted by Crippen LogP contribution is -2.15. The molecule has 164 valence electrons. The Balaban J connectivity index is 1.52. The monoisotopic (exact) mass is 468 g/mol. The van der Waals surface area contributed by atoms with Crippen molar-refractivity contribution in [1.29, 1.82) is 0 Å². The quantitative estimate of drug-likeness (QED) is 0.368. The third kappa shape index (κ3) is 5.35. The van der Waals surface area contributed by atoms with Crippen LogP contribution in [0.1, 0.15) is 31.2 Å². The summed E-state index contributed by atoms with van der Waals surface area (Å²) in [6.07, 6.45) is 0. The number of aromatic nitrogens is 5. The molecule has 0 unspecified atom stereocenters. The number of hydrogen-bond acceptors (Lipinski definition) is 7. The molecule has 8 nitrogen and oxygen atoms in total. The lowest BCUT2D eigenvalue weighted by molar-refractivity contribution is -0.113. The normalized spacial score (nSPS) is 11.1. The Morgan fingerprint density at radius 3 is 2.50 bits per heavy atom. The van der Waals surface area contributed by atoms with Crippen LogP contribution >= 0.6 is 23.4 Å². The number of anilines is 1. The summed E-state index contributed by atoms with van der Waals surface area (Å²) >= 11 is 7.32.